The van der Waals surface area contributed by atoms with Gasteiger partial charge in [-0.3, -0.25) is 4.90 Å². The summed E-state index contributed by atoms with van der Waals surface area (Å²) in [6, 6.07) is 18.2. The average Bonchev–Trinajstić information content (AvgIpc) is 2.56. The van der Waals surface area contributed by atoms with Crippen molar-refractivity contribution in [3.05, 3.63) is 65.7 Å². The second-order valence-corrected chi connectivity index (χ2v) is 6.05. The van der Waals surface area contributed by atoms with Crippen molar-refractivity contribution >= 4 is 11.7 Å². The molecule has 120 valence electrons. The molecule has 4 nitrogen and oxygen atoms in total. The molecule has 1 N–H and O–H groups in total. The third-order valence-corrected chi connectivity index (χ3v) is 4.17. The average molecular weight is 309 g/mol. The molecule has 3 rings (SSSR count). The Morgan fingerprint density at radius 1 is 1.00 bits per heavy atom. The van der Waals surface area contributed by atoms with Crippen LogP contribution in [-0.4, -0.2) is 42.0 Å². The lowest BCUT2D eigenvalue weighted by Gasteiger charge is -2.34. The maximum Gasteiger partial charge on any atom is 0.321 e. The van der Waals surface area contributed by atoms with Crippen LogP contribution in [0.2, 0.25) is 0 Å². The number of para-hydroxylation sites is 1. The summed E-state index contributed by atoms with van der Waals surface area (Å²) in [7, 11) is 0. The number of nitrogens with zero attached hydrogens (tertiary/aromatic N) is 2. The molecule has 2 aromatic rings. The summed E-state index contributed by atoms with van der Waals surface area (Å²) in [6.07, 6.45) is 0. The van der Waals surface area contributed by atoms with Gasteiger partial charge in [-0.25, -0.2) is 4.79 Å². The molecule has 0 aromatic heterocycles. The van der Waals surface area contributed by atoms with Gasteiger partial charge in [-0.1, -0.05) is 48.0 Å². The lowest BCUT2D eigenvalue weighted by Crippen LogP contribution is -2.49. The first-order chi connectivity index (χ1) is 11.2. The van der Waals surface area contributed by atoms with Crippen LogP contribution in [0.15, 0.2) is 54.6 Å². The number of nitrogens with one attached hydrogen (secondary N) is 1. The smallest absolute Gasteiger partial charge is 0.321 e. The number of aryl methyl sites for hydroxylation is 1. The van der Waals surface area contributed by atoms with Crippen molar-refractivity contribution in [2.75, 3.05) is 31.5 Å². The predicted octanol–water partition coefficient (Wildman–Crippen LogP) is 3.34. The van der Waals surface area contributed by atoms with E-state index in [2.05, 4.69) is 41.4 Å². The van der Waals surface area contributed by atoms with Gasteiger partial charge in [0.15, 0.2) is 0 Å². The molecule has 1 saturated heterocycles. The van der Waals surface area contributed by atoms with Crippen molar-refractivity contribution < 1.29 is 4.79 Å². The van der Waals surface area contributed by atoms with Gasteiger partial charge in [0.2, 0.25) is 0 Å². The van der Waals surface area contributed by atoms with Gasteiger partial charge in [0.25, 0.3) is 0 Å². The van der Waals surface area contributed by atoms with E-state index in [-0.39, 0.29) is 6.03 Å². The Hall–Kier alpha value is -2.33. The highest BCUT2D eigenvalue weighted by Crippen LogP contribution is 2.12. The van der Waals surface area contributed by atoms with Gasteiger partial charge in [-0.2, -0.15) is 0 Å². The maximum atomic E-state index is 12.3. The Morgan fingerprint density at radius 2 is 1.74 bits per heavy atom. The number of piperazine rings is 1. The summed E-state index contributed by atoms with van der Waals surface area (Å²) < 4.78 is 0. The number of urea groups is 1. The van der Waals surface area contributed by atoms with Crippen LogP contribution in [0.4, 0.5) is 10.5 Å². The Labute approximate surface area is 137 Å². The zero-order valence-electron chi connectivity index (χ0n) is 13.5. The zero-order valence-corrected chi connectivity index (χ0v) is 13.5. The standard InChI is InChI=1S/C19H23N3O/c1-16-6-5-7-17(14-16)15-21-10-12-22(13-11-21)19(23)20-18-8-3-2-4-9-18/h2-9,14H,10-13,15H2,1H3,(H,20,23). The number of benzene rings is 2. The molecule has 0 unspecified atom stereocenters. The molecule has 1 aliphatic rings. The van der Waals surface area contributed by atoms with Crippen LogP contribution >= 0.6 is 0 Å². The van der Waals surface area contributed by atoms with Gasteiger partial charge >= 0.3 is 6.03 Å². The fourth-order valence-electron chi connectivity index (χ4n) is 2.90. The number of carbonyl (C=O) groups is 1. The van der Waals surface area contributed by atoms with Crippen molar-refractivity contribution in [1.29, 1.82) is 0 Å². The highest BCUT2D eigenvalue weighted by molar-refractivity contribution is 5.89. The fraction of sp³-hybridized carbons (Fsp3) is 0.316. The maximum absolute atomic E-state index is 12.3. The molecule has 4 heteroatoms. The van der Waals surface area contributed by atoms with Gasteiger partial charge in [0, 0.05) is 38.4 Å². The summed E-state index contributed by atoms with van der Waals surface area (Å²) in [6.45, 7) is 6.44. The van der Waals surface area contributed by atoms with E-state index in [1.165, 1.54) is 11.1 Å². The topological polar surface area (TPSA) is 35.6 Å². The van der Waals surface area contributed by atoms with Crippen molar-refractivity contribution in [3.8, 4) is 0 Å². The first-order valence-electron chi connectivity index (χ1n) is 8.09. The first kappa shape index (κ1) is 15.6. The minimum absolute atomic E-state index is 0.00796. The molecule has 0 aliphatic carbocycles. The Balaban J connectivity index is 1.49. The van der Waals surface area contributed by atoms with E-state index < -0.39 is 0 Å². The van der Waals surface area contributed by atoms with E-state index in [9.17, 15) is 4.79 Å². The molecule has 0 bridgehead atoms. The van der Waals surface area contributed by atoms with Crippen LogP contribution in [0.5, 0.6) is 0 Å². The highest BCUT2D eigenvalue weighted by Gasteiger charge is 2.21. The van der Waals surface area contributed by atoms with Gasteiger partial charge in [-0.05, 0) is 24.6 Å². The van der Waals surface area contributed by atoms with Gasteiger partial charge in [-0.15, -0.1) is 0 Å². The monoisotopic (exact) mass is 309 g/mol. The third-order valence-electron chi connectivity index (χ3n) is 4.17. The molecule has 1 fully saturated rings. The summed E-state index contributed by atoms with van der Waals surface area (Å²) in [5.41, 5.74) is 3.48. The largest absolute Gasteiger partial charge is 0.322 e. The summed E-state index contributed by atoms with van der Waals surface area (Å²) >= 11 is 0. The van der Waals surface area contributed by atoms with E-state index in [1.807, 2.05) is 35.2 Å². The fourth-order valence-corrected chi connectivity index (χ4v) is 2.90. The van der Waals surface area contributed by atoms with Crippen molar-refractivity contribution in [1.82, 2.24) is 9.80 Å². The second kappa shape index (κ2) is 7.29. The Morgan fingerprint density at radius 3 is 2.43 bits per heavy atom. The minimum Gasteiger partial charge on any atom is -0.322 e. The van der Waals surface area contributed by atoms with Gasteiger partial charge < -0.3 is 10.2 Å². The molecular formula is C19H23N3O. The van der Waals surface area contributed by atoms with E-state index in [1.54, 1.807) is 0 Å². The molecule has 2 aromatic carbocycles. The molecule has 0 radical (unpaired) electrons. The summed E-state index contributed by atoms with van der Waals surface area (Å²) in [5.74, 6) is 0. The van der Waals surface area contributed by atoms with Crippen molar-refractivity contribution in [3.63, 3.8) is 0 Å². The SMILES string of the molecule is Cc1cccc(CN2CCN(C(=O)Nc3ccccc3)CC2)c1. The van der Waals surface area contributed by atoms with Crippen LogP contribution < -0.4 is 5.32 Å². The van der Waals surface area contributed by atoms with Crippen LogP contribution in [0.1, 0.15) is 11.1 Å². The number of carbonyl (C=O) groups excluding carboxylic acids is 1. The van der Waals surface area contributed by atoms with E-state index in [0.717, 1.165) is 38.4 Å². The van der Waals surface area contributed by atoms with Gasteiger partial charge in [0.1, 0.15) is 0 Å². The van der Waals surface area contributed by atoms with E-state index in [4.69, 9.17) is 0 Å². The van der Waals surface area contributed by atoms with E-state index >= 15 is 0 Å². The number of anilines is 1. The lowest BCUT2D eigenvalue weighted by molar-refractivity contribution is 0.143. The Kier molecular flexibility index (Phi) is 4.93. The molecular weight excluding hydrogens is 286 g/mol. The molecule has 0 spiro atoms. The number of hydrogen-bond acceptors (Lipinski definition) is 2. The molecule has 0 saturated carbocycles. The summed E-state index contributed by atoms with van der Waals surface area (Å²) in [5, 5.41) is 2.95. The molecule has 23 heavy (non-hydrogen) atoms. The number of rotatable bonds is 3. The lowest BCUT2D eigenvalue weighted by atomic mass is 10.1. The summed E-state index contributed by atoms with van der Waals surface area (Å²) in [4.78, 5) is 16.6. The second-order valence-electron chi connectivity index (χ2n) is 6.05. The van der Waals surface area contributed by atoms with Crippen LogP contribution in [0.3, 0.4) is 0 Å². The predicted molar refractivity (Wildman–Crippen MR) is 93.5 cm³/mol. The first-order valence-corrected chi connectivity index (χ1v) is 8.09. The minimum atomic E-state index is -0.00796. The number of amides is 2. The zero-order chi connectivity index (χ0) is 16.1. The molecule has 1 heterocycles. The van der Waals surface area contributed by atoms with Crippen LogP contribution in [-0.2, 0) is 6.54 Å². The van der Waals surface area contributed by atoms with Crippen molar-refractivity contribution in [2.24, 2.45) is 0 Å². The molecule has 0 atom stereocenters. The number of hydrogen-bond donors (Lipinski definition) is 1. The van der Waals surface area contributed by atoms with E-state index in [0.29, 0.717) is 0 Å². The molecule has 1 aliphatic heterocycles. The van der Waals surface area contributed by atoms with Crippen LogP contribution in [0.25, 0.3) is 0 Å². The quantitative estimate of drug-likeness (QED) is 0.944. The van der Waals surface area contributed by atoms with Crippen molar-refractivity contribution in [2.45, 2.75) is 13.5 Å². The third kappa shape index (κ3) is 4.33. The molecule has 2 amide bonds. The normalized spacial score (nSPS) is 15.4. The van der Waals surface area contributed by atoms with Crippen LogP contribution in [0, 0.1) is 6.92 Å². The Bertz CT molecular complexity index is 649. The van der Waals surface area contributed by atoms with Gasteiger partial charge in [0.05, 0.1) is 0 Å². The highest BCUT2D eigenvalue weighted by atomic mass is 16.2.